The van der Waals surface area contributed by atoms with Crippen LogP contribution < -0.4 is 5.32 Å². The van der Waals surface area contributed by atoms with Crippen LogP contribution in [0.4, 0.5) is 0 Å². The Kier molecular flexibility index (Phi) is 5.44. The smallest absolute Gasteiger partial charge is 0.254 e. The van der Waals surface area contributed by atoms with Crippen LogP contribution >= 0.6 is 23.2 Å². The van der Waals surface area contributed by atoms with E-state index in [1.165, 1.54) is 0 Å². The van der Waals surface area contributed by atoms with Gasteiger partial charge in [-0.25, -0.2) is 0 Å². The van der Waals surface area contributed by atoms with E-state index >= 15 is 0 Å². The molecule has 8 heteroatoms. The molecule has 2 heterocycles. The second kappa shape index (κ2) is 7.45. The van der Waals surface area contributed by atoms with Crippen molar-refractivity contribution in [3.63, 3.8) is 0 Å². The van der Waals surface area contributed by atoms with Crippen LogP contribution in [-0.2, 0) is 9.59 Å². The molecule has 1 N–H and O–H groups in total. The van der Waals surface area contributed by atoms with Crippen LogP contribution in [0.5, 0.6) is 0 Å². The van der Waals surface area contributed by atoms with E-state index in [0.29, 0.717) is 41.0 Å². The van der Waals surface area contributed by atoms with E-state index in [1.54, 1.807) is 28.0 Å². The van der Waals surface area contributed by atoms with Crippen molar-refractivity contribution in [2.45, 2.75) is 32.4 Å². The predicted molar refractivity (Wildman–Crippen MR) is 99.3 cm³/mol. The van der Waals surface area contributed by atoms with Gasteiger partial charge in [0.1, 0.15) is 12.1 Å². The van der Waals surface area contributed by atoms with Gasteiger partial charge in [0.05, 0.1) is 6.54 Å². The number of piperazine rings is 2. The van der Waals surface area contributed by atoms with E-state index in [0.717, 1.165) is 0 Å². The molecule has 3 amide bonds. The Morgan fingerprint density at radius 3 is 2.46 bits per heavy atom. The zero-order chi connectivity index (χ0) is 19.0. The monoisotopic (exact) mass is 397 g/mol. The summed E-state index contributed by atoms with van der Waals surface area (Å²) in [4.78, 5) is 41.1. The predicted octanol–water partition coefficient (Wildman–Crippen LogP) is 2.19. The Hall–Kier alpha value is -1.79. The summed E-state index contributed by atoms with van der Waals surface area (Å²) in [6, 6.07) is 3.52. The third-order valence-corrected chi connectivity index (χ3v) is 5.12. The van der Waals surface area contributed by atoms with Crippen LogP contribution in [0.15, 0.2) is 18.2 Å². The van der Waals surface area contributed by atoms with Crippen LogP contribution in [0.25, 0.3) is 0 Å². The van der Waals surface area contributed by atoms with Crippen molar-refractivity contribution < 1.29 is 14.4 Å². The first-order valence-electron chi connectivity index (χ1n) is 8.62. The average molecular weight is 398 g/mol. The van der Waals surface area contributed by atoms with Gasteiger partial charge in [-0.2, -0.15) is 0 Å². The van der Waals surface area contributed by atoms with Gasteiger partial charge >= 0.3 is 0 Å². The van der Waals surface area contributed by atoms with Crippen molar-refractivity contribution in [2.24, 2.45) is 5.92 Å². The number of carbonyl (C=O) groups excluding carboxylic acids is 3. The molecule has 1 aromatic rings. The highest BCUT2D eigenvalue weighted by molar-refractivity contribution is 6.35. The van der Waals surface area contributed by atoms with Crippen LogP contribution in [-0.4, -0.2) is 59.2 Å². The number of benzene rings is 1. The number of halogens is 2. The number of fused-ring (bicyclic) bond motifs is 1. The highest BCUT2D eigenvalue weighted by Crippen LogP contribution is 2.23. The molecule has 0 spiro atoms. The van der Waals surface area contributed by atoms with Crippen LogP contribution in [0.2, 0.25) is 10.0 Å². The number of carbonyl (C=O) groups is 3. The summed E-state index contributed by atoms with van der Waals surface area (Å²) in [5.74, 6) is -0.229. The molecule has 2 saturated heterocycles. The molecule has 0 saturated carbocycles. The second-order valence-corrected chi connectivity index (χ2v) is 8.02. The first-order valence-corrected chi connectivity index (χ1v) is 9.38. The minimum Gasteiger partial charge on any atom is -0.342 e. The maximum absolute atomic E-state index is 12.8. The van der Waals surface area contributed by atoms with E-state index in [4.69, 9.17) is 23.2 Å². The van der Waals surface area contributed by atoms with Crippen molar-refractivity contribution in [2.75, 3.05) is 19.6 Å². The van der Waals surface area contributed by atoms with Gasteiger partial charge in [-0.3, -0.25) is 14.4 Å². The lowest BCUT2D eigenvalue weighted by molar-refractivity contribution is -0.152. The van der Waals surface area contributed by atoms with Crippen LogP contribution in [0, 0.1) is 5.92 Å². The van der Waals surface area contributed by atoms with Gasteiger partial charge in [0.2, 0.25) is 11.8 Å². The van der Waals surface area contributed by atoms with Crippen LogP contribution in [0.3, 0.4) is 0 Å². The fraction of sp³-hybridized carbons (Fsp3) is 0.500. The summed E-state index contributed by atoms with van der Waals surface area (Å²) in [6.45, 7) is 4.89. The summed E-state index contributed by atoms with van der Waals surface area (Å²) in [5.41, 5.74) is 0.371. The molecular formula is C18H21Cl2N3O3. The Balaban J connectivity index is 1.74. The zero-order valence-electron chi connectivity index (χ0n) is 14.7. The first-order chi connectivity index (χ1) is 12.3. The van der Waals surface area contributed by atoms with Gasteiger partial charge in [0.15, 0.2) is 0 Å². The lowest BCUT2D eigenvalue weighted by atomic mass is 9.97. The lowest BCUT2D eigenvalue weighted by Gasteiger charge is -2.45. The standard InChI is InChI=1S/C18H21Cl2N3O3/c1-10(2)5-14-18(26)23-4-3-22(9-15(23)16(24)21-14)17(25)11-6-12(19)8-13(20)7-11/h6-8,10,14-15H,3-5,9H2,1-2H3,(H,21,24)/t14-,15+/m0/s1. The summed E-state index contributed by atoms with van der Waals surface area (Å²) in [6.07, 6.45) is 0.609. The Morgan fingerprint density at radius 2 is 1.85 bits per heavy atom. The van der Waals surface area contributed by atoms with Gasteiger partial charge in [-0.05, 0) is 30.5 Å². The van der Waals surface area contributed by atoms with Gasteiger partial charge in [-0.15, -0.1) is 0 Å². The van der Waals surface area contributed by atoms with Gasteiger partial charge < -0.3 is 15.1 Å². The highest BCUT2D eigenvalue weighted by Gasteiger charge is 2.44. The Bertz CT molecular complexity index is 733. The highest BCUT2D eigenvalue weighted by atomic mass is 35.5. The van der Waals surface area contributed by atoms with Crippen molar-refractivity contribution >= 4 is 40.9 Å². The van der Waals surface area contributed by atoms with Crippen molar-refractivity contribution in [3.8, 4) is 0 Å². The van der Waals surface area contributed by atoms with E-state index in [9.17, 15) is 14.4 Å². The number of hydrogen-bond donors (Lipinski definition) is 1. The first kappa shape index (κ1) is 19.0. The zero-order valence-corrected chi connectivity index (χ0v) is 16.2. The van der Waals surface area contributed by atoms with Gasteiger partial charge in [-0.1, -0.05) is 37.0 Å². The molecule has 0 radical (unpaired) electrons. The van der Waals surface area contributed by atoms with Crippen molar-refractivity contribution in [3.05, 3.63) is 33.8 Å². The van der Waals surface area contributed by atoms with E-state index in [1.807, 2.05) is 13.8 Å². The molecule has 2 fully saturated rings. The third-order valence-electron chi connectivity index (χ3n) is 4.68. The van der Waals surface area contributed by atoms with Crippen molar-refractivity contribution in [1.29, 1.82) is 0 Å². The molecule has 0 unspecified atom stereocenters. The molecular weight excluding hydrogens is 377 g/mol. The quantitative estimate of drug-likeness (QED) is 0.849. The molecule has 0 aromatic heterocycles. The number of hydrogen-bond acceptors (Lipinski definition) is 3. The fourth-order valence-corrected chi connectivity index (χ4v) is 4.00. The summed E-state index contributed by atoms with van der Waals surface area (Å²) >= 11 is 11.9. The molecule has 1 aromatic carbocycles. The Labute approximate surface area is 162 Å². The largest absolute Gasteiger partial charge is 0.342 e. The second-order valence-electron chi connectivity index (χ2n) is 7.15. The van der Waals surface area contributed by atoms with Crippen LogP contribution in [0.1, 0.15) is 30.6 Å². The van der Waals surface area contributed by atoms with E-state index < -0.39 is 12.1 Å². The van der Waals surface area contributed by atoms with Gasteiger partial charge in [0, 0.05) is 28.7 Å². The number of nitrogens with one attached hydrogen (secondary N) is 1. The normalized spacial score (nSPS) is 23.1. The number of rotatable bonds is 3. The lowest BCUT2D eigenvalue weighted by Crippen LogP contribution is -2.69. The third kappa shape index (κ3) is 3.81. The maximum Gasteiger partial charge on any atom is 0.254 e. The molecule has 0 aliphatic carbocycles. The van der Waals surface area contributed by atoms with E-state index in [2.05, 4.69) is 5.32 Å². The average Bonchev–Trinajstić information content (AvgIpc) is 2.57. The molecule has 0 bridgehead atoms. The minimum absolute atomic E-state index is 0.0683. The molecule has 26 heavy (non-hydrogen) atoms. The molecule has 3 rings (SSSR count). The summed E-state index contributed by atoms with van der Waals surface area (Å²) < 4.78 is 0. The van der Waals surface area contributed by atoms with E-state index in [-0.39, 0.29) is 24.3 Å². The van der Waals surface area contributed by atoms with Crippen molar-refractivity contribution in [1.82, 2.24) is 15.1 Å². The van der Waals surface area contributed by atoms with Gasteiger partial charge in [0.25, 0.3) is 5.91 Å². The molecule has 2 aliphatic rings. The Morgan fingerprint density at radius 1 is 1.19 bits per heavy atom. The fourth-order valence-electron chi connectivity index (χ4n) is 3.48. The molecule has 2 atom stereocenters. The summed E-state index contributed by atoms with van der Waals surface area (Å²) in [5, 5.41) is 3.56. The maximum atomic E-state index is 12.8. The number of amides is 3. The molecule has 140 valence electrons. The molecule has 6 nitrogen and oxygen atoms in total. The minimum atomic E-state index is -0.654. The molecule has 2 aliphatic heterocycles. The summed E-state index contributed by atoms with van der Waals surface area (Å²) in [7, 11) is 0. The topological polar surface area (TPSA) is 69.7 Å². The SMILES string of the molecule is CC(C)C[C@@H]1NC(=O)[C@H]2CN(C(=O)c3cc(Cl)cc(Cl)c3)CCN2C1=O. The number of nitrogens with zero attached hydrogens (tertiary/aromatic N) is 2.